The molecule has 3 aromatic rings. The van der Waals surface area contributed by atoms with Gasteiger partial charge in [-0.15, -0.1) is 0 Å². The van der Waals surface area contributed by atoms with Crippen LogP contribution in [0.1, 0.15) is 54.7 Å². The van der Waals surface area contributed by atoms with Crippen LogP contribution in [0.15, 0.2) is 30.3 Å². The molecule has 0 atom stereocenters. The van der Waals surface area contributed by atoms with E-state index in [1.54, 1.807) is 12.1 Å². The Morgan fingerprint density at radius 1 is 0.931 bits per heavy atom. The van der Waals surface area contributed by atoms with Crippen LogP contribution in [0.2, 0.25) is 0 Å². The third kappa shape index (κ3) is 2.47. The van der Waals surface area contributed by atoms with Crippen LogP contribution in [0.3, 0.4) is 0 Å². The van der Waals surface area contributed by atoms with Gasteiger partial charge < -0.3 is 20.1 Å². The Morgan fingerprint density at radius 3 is 2.28 bits per heavy atom. The molecule has 1 aliphatic rings. The number of hydrogen-bond donors (Lipinski definition) is 3. The number of methoxy groups -OCH3 is 1. The van der Waals surface area contributed by atoms with Crippen molar-refractivity contribution in [1.29, 1.82) is 0 Å². The highest BCUT2D eigenvalue weighted by molar-refractivity contribution is 6.32. The van der Waals surface area contributed by atoms with Crippen molar-refractivity contribution in [3.63, 3.8) is 0 Å². The number of benzene rings is 3. The van der Waals surface area contributed by atoms with E-state index < -0.39 is 29.0 Å². The van der Waals surface area contributed by atoms with Crippen molar-refractivity contribution >= 4 is 28.3 Å². The second-order valence-corrected chi connectivity index (χ2v) is 6.73. The zero-order valence-corrected chi connectivity index (χ0v) is 15.6. The van der Waals surface area contributed by atoms with Gasteiger partial charge in [-0.05, 0) is 24.1 Å². The van der Waals surface area contributed by atoms with E-state index in [1.807, 2.05) is 6.92 Å². The number of carbonyl (C=O) groups excluding carboxylic acids is 3. The second-order valence-electron chi connectivity index (χ2n) is 6.73. The van der Waals surface area contributed by atoms with Crippen molar-refractivity contribution in [2.45, 2.75) is 13.3 Å². The molecule has 4 rings (SSSR count). The molecule has 3 aromatic carbocycles. The van der Waals surface area contributed by atoms with Gasteiger partial charge in [0, 0.05) is 28.0 Å². The summed E-state index contributed by atoms with van der Waals surface area (Å²) in [5.74, 6) is -3.42. The van der Waals surface area contributed by atoms with Crippen molar-refractivity contribution in [3.8, 4) is 17.2 Å². The Balaban J connectivity index is 2.12. The minimum absolute atomic E-state index is 0.115. The fraction of sp³-hybridized carbons (Fsp3) is 0.136. The summed E-state index contributed by atoms with van der Waals surface area (Å²) in [6, 6.07) is 6.64. The molecule has 1 aliphatic carbocycles. The predicted molar refractivity (Wildman–Crippen MR) is 103 cm³/mol. The zero-order valence-electron chi connectivity index (χ0n) is 15.6. The van der Waals surface area contributed by atoms with Crippen LogP contribution >= 0.6 is 0 Å². The van der Waals surface area contributed by atoms with Gasteiger partial charge in [-0.2, -0.15) is 0 Å². The molecule has 146 valence electrons. The van der Waals surface area contributed by atoms with E-state index >= 15 is 0 Å². The second kappa shape index (κ2) is 6.34. The number of carbonyl (C=O) groups is 3. The lowest BCUT2D eigenvalue weighted by Gasteiger charge is -2.21. The van der Waals surface area contributed by atoms with Crippen molar-refractivity contribution in [1.82, 2.24) is 0 Å². The number of ether oxygens (including phenoxy) is 1. The van der Waals surface area contributed by atoms with Gasteiger partial charge >= 0.3 is 5.97 Å². The minimum atomic E-state index is -0.745. The Bertz CT molecular complexity index is 1250. The molecule has 0 spiro atoms. The van der Waals surface area contributed by atoms with Gasteiger partial charge in [0.15, 0.2) is 5.78 Å². The lowest BCUT2D eigenvalue weighted by Crippen LogP contribution is -2.21. The number of esters is 1. The lowest BCUT2D eigenvalue weighted by molar-refractivity contribution is 0.0601. The number of ketones is 2. The molecular weight excluding hydrogens is 376 g/mol. The molecule has 0 fully saturated rings. The normalized spacial score (nSPS) is 12.6. The molecule has 0 amide bonds. The largest absolute Gasteiger partial charge is 0.508 e. The van der Waals surface area contributed by atoms with Crippen LogP contribution in [0.4, 0.5) is 0 Å². The Kier molecular flexibility index (Phi) is 4.04. The summed E-state index contributed by atoms with van der Waals surface area (Å²) < 4.78 is 4.87. The minimum Gasteiger partial charge on any atom is -0.508 e. The summed E-state index contributed by atoms with van der Waals surface area (Å²) >= 11 is 0. The fourth-order valence-corrected chi connectivity index (χ4v) is 3.85. The average molecular weight is 392 g/mol. The van der Waals surface area contributed by atoms with E-state index in [4.69, 9.17) is 4.74 Å². The van der Waals surface area contributed by atoms with E-state index in [2.05, 4.69) is 0 Å². The highest BCUT2D eigenvalue weighted by Gasteiger charge is 2.36. The number of phenols is 3. The molecular formula is C22H16O7. The molecule has 0 saturated carbocycles. The summed E-state index contributed by atoms with van der Waals surface area (Å²) in [6.07, 6.45) is 0.510. The van der Waals surface area contributed by atoms with Gasteiger partial charge in [-0.1, -0.05) is 19.1 Å². The quantitative estimate of drug-likeness (QED) is 0.448. The summed E-state index contributed by atoms with van der Waals surface area (Å²) in [5, 5.41) is 31.2. The zero-order chi connectivity index (χ0) is 21.0. The maximum absolute atomic E-state index is 13.1. The van der Waals surface area contributed by atoms with E-state index in [9.17, 15) is 29.7 Å². The molecule has 0 bridgehead atoms. The number of hydrogen-bond acceptors (Lipinski definition) is 7. The molecule has 0 aromatic heterocycles. The molecule has 7 nitrogen and oxygen atoms in total. The first-order valence-electron chi connectivity index (χ1n) is 8.85. The summed E-state index contributed by atoms with van der Waals surface area (Å²) in [4.78, 5) is 38.5. The first kappa shape index (κ1) is 18.5. The molecule has 0 unspecified atom stereocenters. The highest BCUT2D eigenvalue weighted by atomic mass is 16.5. The van der Waals surface area contributed by atoms with Gasteiger partial charge in [0.1, 0.15) is 17.2 Å². The topological polar surface area (TPSA) is 121 Å². The first-order chi connectivity index (χ1) is 13.8. The van der Waals surface area contributed by atoms with Crippen LogP contribution in [0.5, 0.6) is 17.2 Å². The van der Waals surface area contributed by atoms with Gasteiger partial charge in [0.25, 0.3) is 0 Å². The third-order valence-corrected chi connectivity index (χ3v) is 5.20. The van der Waals surface area contributed by atoms with Crippen molar-refractivity contribution in [2.24, 2.45) is 0 Å². The average Bonchev–Trinajstić information content (AvgIpc) is 2.69. The standard InChI is InChI=1S/C22H16O7/c1-3-9-4-5-11-12(16(9)22(28)29-2)8-14-18(20(11)26)21(27)17-13(19(14)25)6-10(23)7-15(17)24/h4-8,23-24,26H,3H2,1-2H3. The van der Waals surface area contributed by atoms with Gasteiger partial charge in [-0.25, -0.2) is 4.79 Å². The molecule has 0 aliphatic heterocycles. The first-order valence-corrected chi connectivity index (χ1v) is 8.85. The Morgan fingerprint density at radius 2 is 1.62 bits per heavy atom. The number of aryl methyl sites for hydroxylation is 1. The van der Waals surface area contributed by atoms with Crippen LogP contribution in [0, 0.1) is 0 Å². The van der Waals surface area contributed by atoms with Crippen molar-refractivity contribution < 1.29 is 34.4 Å². The lowest BCUT2D eigenvalue weighted by atomic mass is 9.80. The summed E-state index contributed by atoms with van der Waals surface area (Å²) in [7, 11) is 1.23. The Hall–Kier alpha value is -3.87. The summed E-state index contributed by atoms with van der Waals surface area (Å²) in [6.45, 7) is 1.85. The van der Waals surface area contributed by atoms with E-state index in [0.29, 0.717) is 12.0 Å². The molecule has 3 N–H and O–H groups in total. The predicted octanol–water partition coefficient (Wildman–Crippen LogP) is 3.08. The molecule has 7 heteroatoms. The number of fused-ring (bicyclic) bond motifs is 3. The summed E-state index contributed by atoms with van der Waals surface area (Å²) in [5.41, 5.74) is 0.0367. The van der Waals surface area contributed by atoms with Crippen LogP contribution in [0.25, 0.3) is 10.8 Å². The molecule has 29 heavy (non-hydrogen) atoms. The molecule has 0 saturated heterocycles. The molecule has 0 radical (unpaired) electrons. The highest BCUT2D eigenvalue weighted by Crippen LogP contribution is 2.42. The van der Waals surface area contributed by atoms with Crippen molar-refractivity contribution in [3.05, 3.63) is 63.7 Å². The number of phenolic OH excluding ortho intramolecular Hbond substituents is 3. The van der Waals surface area contributed by atoms with Crippen molar-refractivity contribution in [2.75, 3.05) is 7.11 Å². The van der Waals surface area contributed by atoms with Crippen LogP contribution < -0.4 is 0 Å². The van der Waals surface area contributed by atoms with Crippen LogP contribution in [-0.2, 0) is 11.2 Å². The van der Waals surface area contributed by atoms with Gasteiger partial charge in [-0.3, -0.25) is 9.59 Å². The van der Waals surface area contributed by atoms with Crippen LogP contribution in [-0.4, -0.2) is 40.0 Å². The van der Waals surface area contributed by atoms with Gasteiger partial charge in [0.05, 0.1) is 23.8 Å². The fourth-order valence-electron chi connectivity index (χ4n) is 3.85. The molecule has 0 heterocycles. The number of rotatable bonds is 2. The van der Waals surface area contributed by atoms with E-state index in [1.165, 1.54) is 13.2 Å². The van der Waals surface area contributed by atoms with E-state index in [0.717, 1.165) is 12.1 Å². The monoisotopic (exact) mass is 392 g/mol. The smallest absolute Gasteiger partial charge is 0.338 e. The van der Waals surface area contributed by atoms with Gasteiger partial charge in [0.2, 0.25) is 5.78 Å². The Labute approximate surface area is 164 Å². The third-order valence-electron chi connectivity index (χ3n) is 5.20. The number of aromatic hydroxyl groups is 3. The maximum Gasteiger partial charge on any atom is 0.338 e. The SMILES string of the molecule is CCc1ccc2c(O)c3c(cc2c1C(=O)OC)C(=O)c1cc(O)cc(O)c1C3=O. The maximum atomic E-state index is 13.1. The van der Waals surface area contributed by atoms with E-state index in [-0.39, 0.29) is 44.3 Å².